The molecule has 26 heavy (non-hydrogen) atoms. The molecule has 3 aromatic rings. The molecular weight excluding hydrogens is 336 g/mol. The van der Waals surface area contributed by atoms with Crippen LogP contribution in [0.4, 0.5) is 0 Å². The summed E-state index contributed by atoms with van der Waals surface area (Å²) >= 11 is 5.98. The lowest BCUT2D eigenvalue weighted by Crippen LogP contribution is -2.05. The number of hydrogen-bond donors (Lipinski definition) is 0. The van der Waals surface area contributed by atoms with Gasteiger partial charge >= 0.3 is 0 Å². The van der Waals surface area contributed by atoms with E-state index in [2.05, 4.69) is 99.2 Å². The van der Waals surface area contributed by atoms with Crippen LogP contribution in [-0.2, 0) is 0 Å². The highest BCUT2D eigenvalue weighted by Crippen LogP contribution is 2.30. The van der Waals surface area contributed by atoms with Crippen LogP contribution in [0.1, 0.15) is 62.0 Å². The van der Waals surface area contributed by atoms with Gasteiger partial charge in [0, 0.05) is 11.4 Å². The normalized spacial score (nSPS) is 11.5. The number of imidazole rings is 1. The molecule has 0 aliphatic heterocycles. The van der Waals surface area contributed by atoms with Crippen LogP contribution in [0.3, 0.4) is 0 Å². The number of aromatic nitrogens is 2. The van der Waals surface area contributed by atoms with Crippen molar-refractivity contribution in [3.8, 4) is 11.4 Å². The predicted octanol–water partition coefficient (Wildman–Crippen LogP) is 6.86. The van der Waals surface area contributed by atoms with E-state index in [1.165, 1.54) is 33.9 Å². The number of benzene rings is 2. The molecule has 2 nitrogen and oxygen atoms in total. The molecule has 0 atom stereocenters. The SMILES string of the molecule is Cc1c(C)n(-c2ccccc2C(C)C)c(=S)n1-c1ccccc1C(C)C. The van der Waals surface area contributed by atoms with E-state index < -0.39 is 0 Å². The number of para-hydroxylation sites is 2. The maximum atomic E-state index is 5.98. The third kappa shape index (κ3) is 3.05. The molecule has 0 amide bonds. The molecule has 0 saturated carbocycles. The van der Waals surface area contributed by atoms with Gasteiger partial charge < -0.3 is 0 Å². The summed E-state index contributed by atoms with van der Waals surface area (Å²) in [5.74, 6) is 0.887. The molecule has 0 aliphatic carbocycles. The molecule has 3 heteroatoms. The fourth-order valence-corrected chi connectivity index (χ4v) is 4.11. The van der Waals surface area contributed by atoms with Gasteiger partial charge in [-0.3, -0.25) is 9.13 Å². The van der Waals surface area contributed by atoms with Gasteiger partial charge in [0.25, 0.3) is 0 Å². The standard InChI is InChI=1S/C23H28N2S/c1-15(2)19-11-7-9-13-21(19)24-17(5)18(6)25(23(24)26)22-14-10-8-12-20(22)16(3)4/h7-16H,1-6H3. The van der Waals surface area contributed by atoms with Gasteiger partial charge in [0.15, 0.2) is 4.77 Å². The van der Waals surface area contributed by atoms with E-state index >= 15 is 0 Å². The molecule has 3 rings (SSSR count). The molecule has 0 saturated heterocycles. The molecule has 136 valence electrons. The van der Waals surface area contributed by atoms with Crippen molar-refractivity contribution in [2.45, 2.75) is 53.4 Å². The topological polar surface area (TPSA) is 9.86 Å². The molecule has 0 bridgehead atoms. The Morgan fingerprint density at radius 1 is 0.654 bits per heavy atom. The van der Waals surface area contributed by atoms with Crippen molar-refractivity contribution >= 4 is 12.2 Å². The lowest BCUT2D eigenvalue weighted by molar-refractivity contribution is 0.822. The predicted molar refractivity (Wildman–Crippen MR) is 114 cm³/mol. The van der Waals surface area contributed by atoms with Crippen molar-refractivity contribution in [2.24, 2.45) is 0 Å². The number of rotatable bonds is 4. The van der Waals surface area contributed by atoms with Crippen LogP contribution in [0.25, 0.3) is 11.4 Å². The molecule has 1 aromatic heterocycles. The first-order chi connectivity index (χ1) is 12.3. The Hall–Kier alpha value is -2.13. The Bertz CT molecular complexity index is 912. The van der Waals surface area contributed by atoms with Gasteiger partial charge in [0.05, 0.1) is 11.4 Å². The Balaban J connectivity index is 2.33. The van der Waals surface area contributed by atoms with Gasteiger partial charge in [-0.15, -0.1) is 0 Å². The van der Waals surface area contributed by atoms with Crippen molar-refractivity contribution in [1.82, 2.24) is 9.13 Å². The molecule has 0 spiro atoms. The quantitative estimate of drug-likeness (QED) is 0.460. The van der Waals surface area contributed by atoms with Crippen molar-refractivity contribution in [2.75, 3.05) is 0 Å². The van der Waals surface area contributed by atoms with Crippen molar-refractivity contribution in [3.05, 3.63) is 75.8 Å². The van der Waals surface area contributed by atoms with Gasteiger partial charge in [0.1, 0.15) is 0 Å². The second-order valence-corrected chi connectivity index (χ2v) is 7.92. The van der Waals surface area contributed by atoms with Gasteiger partial charge in [-0.05, 0) is 61.2 Å². The van der Waals surface area contributed by atoms with Crippen LogP contribution in [-0.4, -0.2) is 9.13 Å². The van der Waals surface area contributed by atoms with Crippen molar-refractivity contribution < 1.29 is 0 Å². The van der Waals surface area contributed by atoms with E-state index in [4.69, 9.17) is 12.2 Å². The maximum Gasteiger partial charge on any atom is 0.189 e. The summed E-state index contributed by atoms with van der Waals surface area (Å²) in [6.45, 7) is 13.3. The van der Waals surface area contributed by atoms with E-state index in [0.717, 1.165) is 4.77 Å². The summed E-state index contributed by atoms with van der Waals surface area (Å²) < 4.78 is 5.30. The lowest BCUT2D eigenvalue weighted by atomic mass is 10.0. The summed E-state index contributed by atoms with van der Waals surface area (Å²) in [5.41, 5.74) is 7.41. The first kappa shape index (κ1) is 18.7. The van der Waals surface area contributed by atoms with Crippen LogP contribution in [0.2, 0.25) is 0 Å². The van der Waals surface area contributed by atoms with E-state index in [0.29, 0.717) is 11.8 Å². The molecule has 0 radical (unpaired) electrons. The highest BCUT2D eigenvalue weighted by molar-refractivity contribution is 7.71. The lowest BCUT2D eigenvalue weighted by Gasteiger charge is -2.16. The maximum absolute atomic E-state index is 5.98. The largest absolute Gasteiger partial charge is 0.289 e. The van der Waals surface area contributed by atoms with Crippen LogP contribution in [0.15, 0.2) is 48.5 Å². The van der Waals surface area contributed by atoms with Crippen LogP contribution >= 0.6 is 12.2 Å². The highest BCUT2D eigenvalue weighted by Gasteiger charge is 2.19. The average Bonchev–Trinajstić information content (AvgIpc) is 2.84. The first-order valence-electron chi connectivity index (χ1n) is 9.34. The second-order valence-electron chi connectivity index (χ2n) is 7.55. The van der Waals surface area contributed by atoms with E-state index in [-0.39, 0.29) is 0 Å². The third-order valence-corrected chi connectivity index (χ3v) is 5.54. The third-order valence-electron chi connectivity index (χ3n) is 5.18. The van der Waals surface area contributed by atoms with Crippen LogP contribution < -0.4 is 0 Å². The van der Waals surface area contributed by atoms with Crippen LogP contribution in [0.5, 0.6) is 0 Å². The summed E-state index contributed by atoms with van der Waals surface area (Å²) in [4.78, 5) is 0. The summed E-state index contributed by atoms with van der Waals surface area (Å²) in [5, 5.41) is 0. The molecule has 1 heterocycles. The Labute approximate surface area is 162 Å². The van der Waals surface area contributed by atoms with Gasteiger partial charge in [-0.1, -0.05) is 64.1 Å². The van der Waals surface area contributed by atoms with Crippen molar-refractivity contribution in [1.29, 1.82) is 0 Å². The first-order valence-corrected chi connectivity index (χ1v) is 9.75. The molecular formula is C23H28N2S. The molecule has 0 fully saturated rings. The summed E-state index contributed by atoms with van der Waals surface area (Å²) in [6, 6.07) is 17.2. The van der Waals surface area contributed by atoms with Gasteiger partial charge in [0.2, 0.25) is 0 Å². The molecule has 2 aromatic carbocycles. The zero-order valence-corrected chi connectivity index (χ0v) is 17.4. The smallest absolute Gasteiger partial charge is 0.189 e. The zero-order chi connectivity index (χ0) is 19.0. The summed E-state index contributed by atoms with van der Waals surface area (Å²) in [7, 11) is 0. The fraction of sp³-hybridized carbons (Fsp3) is 0.348. The molecule has 0 aliphatic rings. The highest BCUT2D eigenvalue weighted by atomic mass is 32.1. The van der Waals surface area contributed by atoms with Crippen molar-refractivity contribution in [3.63, 3.8) is 0 Å². The zero-order valence-electron chi connectivity index (χ0n) is 16.6. The monoisotopic (exact) mass is 364 g/mol. The van der Waals surface area contributed by atoms with Crippen LogP contribution in [0, 0.1) is 18.6 Å². The molecule has 0 unspecified atom stereocenters. The number of nitrogens with zero attached hydrogens (tertiary/aromatic N) is 2. The fourth-order valence-electron chi connectivity index (χ4n) is 3.64. The van der Waals surface area contributed by atoms with Gasteiger partial charge in [-0.25, -0.2) is 0 Å². The Morgan fingerprint density at radius 2 is 1.00 bits per heavy atom. The Morgan fingerprint density at radius 3 is 1.35 bits per heavy atom. The van der Waals surface area contributed by atoms with E-state index in [1.807, 2.05) is 0 Å². The van der Waals surface area contributed by atoms with Gasteiger partial charge in [-0.2, -0.15) is 0 Å². The molecule has 0 N–H and O–H groups in total. The second kappa shape index (κ2) is 7.24. The average molecular weight is 365 g/mol. The minimum atomic E-state index is 0.444. The minimum absolute atomic E-state index is 0.444. The Kier molecular flexibility index (Phi) is 5.19. The van der Waals surface area contributed by atoms with E-state index in [1.54, 1.807) is 0 Å². The van der Waals surface area contributed by atoms with E-state index in [9.17, 15) is 0 Å². The minimum Gasteiger partial charge on any atom is -0.289 e. The summed E-state index contributed by atoms with van der Waals surface area (Å²) in [6.07, 6.45) is 0. The number of hydrogen-bond acceptors (Lipinski definition) is 1.